The lowest BCUT2D eigenvalue weighted by molar-refractivity contribution is 0.0217. The Morgan fingerprint density at radius 3 is 2.76 bits per heavy atom. The van der Waals surface area contributed by atoms with Gasteiger partial charge in [-0.2, -0.15) is 5.48 Å². The number of rotatable bonds is 5. The summed E-state index contributed by atoms with van der Waals surface area (Å²) < 4.78 is 1.81. The van der Waals surface area contributed by atoms with E-state index in [0.29, 0.717) is 18.3 Å². The second kappa shape index (κ2) is 5.82. The number of nitrogens with one attached hydrogen (secondary N) is 1. The van der Waals surface area contributed by atoms with Crippen LogP contribution in [-0.2, 0) is 25.0 Å². The SMILES string of the molecule is Cn1c(Cl)cnc1CNOCc1ccccc1. The molecule has 5 heteroatoms. The van der Waals surface area contributed by atoms with Crippen LogP contribution in [0.15, 0.2) is 36.5 Å². The van der Waals surface area contributed by atoms with Crippen LogP contribution >= 0.6 is 11.6 Å². The lowest BCUT2D eigenvalue weighted by Gasteiger charge is -2.06. The van der Waals surface area contributed by atoms with Crippen LogP contribution in [0.3, 0.4) is 0 Å². The van der Waals surface area contributed by atoms with E-state index >= 15 is 0 Å². The summed E-state index contributed by atoms with van der Waals surface area (Å²) in [5.41, 5.74) is 3.99. The molecule has 2 aromatic rings. The van der Waals surface area contributed by atoms with Crippen molar-refractivity contribution in [1.29, 1.82) is 0 Å². The molecule has 90 valence electrons. The quantitative estimate of drug-likeness (QED) is 0.655. The Morgan fingerprint density at radius 2 is 2.12 bits per heavy atom. The molecular weight excluding hydrogens is 238 g/mol. The Kier molecular flexibility index (Phi) is 4.14. The first kappa shape index (κ1) is 12.1. The standard InChI is InChI=1S/C12H14ClN3O/c1-16-11(13)7-14-12(16)8-15-17-9-10-5-3-2-4-6-10/h2-7,15H,8-9H2,1H3. The van der Waals surface area contributed by atoms with Crippen molar-refractivity contribution in [2.24, 2.45) is 7.05 Å². The van der Waals surface area contributed by atoms with E-state index in [0.717, 1.165) is 11.4 Å². The van der Waals surface area contributed by atoms with Crippen molar-refractivity contribution in [3.63, 3.8) is 0 Å². The molecule has 2 rings (SSSR count). The smallest absolute Gasteiger partial charge is 0.128 e. The van der Waals surface area contributed by atoms with Crippen LogP contribution in [-0.4, -0.2) is 9.55 Å². The van der Waals surface area contributed by atoms with Crippen LogP contribution in [0.5, 0.6) is 0 Å². The summed E-state index contributed by atoms with van der Waals surface area (Å²) in [6, 6.07) is 9.97. The van der Waals surface area contributed by atoms with Gasteiger partial charge in [-0.25, -0.2) is 4.98 Å². The fraction of sp³-hybridized carbons (Fsp3) is 0.250. The Morgan fingerprint density at radius 1 is 1.35 bits per heavy atom. The van der Waals surface area contributed by atoms with E-state index < -0.39 is 0 Å². The molecule has 0 aliphatic rings. The lowest BCUT2D eigenvalue weighted by atomic mass is 10.2. The number of halogens is 1. The zero-order valence-electron chi connectivity index (χ0n) is 9.56. The van der Waals surface area contributed by atoms with Crippen molar-refractivity contribution in [1.82, 2.24) is 15.0 Å². The predicted molar refractivity (Wildman–Crippen MR) is 66.3 cm³/mol. The summed E-state index contributed by atoms with van der Waals surface area (Å²) in [5.74, 6) is 0.836. The van der Waals surface area contributed by atoms with Crippen molar-refractivity contribution < 1.29 is 4.84 Å². The molecule has 0 aliphatic heterocycles. The minimum Gasteiger partial charge on any atom is -0.321 e. The van der Waals surface area contributed by atoms with E-state index in [1.807, 2.05) is 37.4 Å². The third-order valence-corrected chi connectivity index (χ3v) is 2.79. The molecule has 1 heterocycles. The Balaban J connectivity index is 1.75. The molecule has 1 aromatic heterocycles. The molecule has 0 fully saturated rings. The normalized spacial score (nSPS) is 10.7. The van der Waals surface area contributed by atoms with Gasteiger partial charge in [-0.05, 0) is 5.56 Å². The minimum atomic E-state index is 0.524. The Hall–Kier alpha value is -1.36. The maximum absolute atomic E-state index is 5.87. The van der Waals surface area contributed by atoms with Gasteiger partial charge in [-0.15, -0.1) is 0 Å². The molecular formula is C12H14ClN3O. The third-order valence-electron chi connectivity index (χ3n) is 2.44. The predicted octanol–water partition coefficient (Wildman–Crippen LogP) is 2.29. The summed E-state index contributed by atoms with van der Waals surface area (Å²) in [4.78, 5) is 9.49. The number of hydroxylamine groups is 1. The van der Waals surface area contributed by atoms with Crippen LogP contribution in [0.4, 0.5) is 0 Å². The molecule has 0 aliphatic carbocycles. The minimum absolute atomic E-state index is 0.524. The molecule has 1 aromatic carbocycles. The highest BCUT2D eigenvalue weighted by molar-refractivity contribution is 6.29. The zero-order valence-corrected chi connectivity index (χ0v) is 10.3. The van der Waals surface area contributed by atoms with Crippen LogP contribution in [0.25, 0.3) is 0 Å². The molecule has 0 radical (unpaired) electrons. The maximum Gasteiger partial charge on any atom is 0.128 e. The molecule has 0 unspecified atom stereocenters. The Bertz CT molecular complexity index is 470. The molecule has 17 heavy (non-hydrogen) atoms. The summed E-state index contributed by atoms with van der Waals surface area (Å²) in [6.45, 7) is 1.05. The third kappa shape index (κ3) is 3.30. The van der Waals surface area contributed by atoms with E-state index in [1.54, 1.807) is 10.8 Å². The number of hydrogen-bond donors (Lipinski definition) is 1. The van der Waals surface area contributed by atoms with Gasteiger partial charge >= 0.3 is 0 Å². The lowest BCUT2D eigenvalue weighted by Crippen LogP contribution is -2.16. The van der Waals surface area contributed by atoms with Gasteiger partial charge in [0, 0.05) is 7.05 Å². The first-order valence-corrected chi connectivity index (χ1v) is 5.70. The monoisotopic (exact) mass is 251 g/mol. The van der Waals surface area contributed by atoms with Crippen molar-refractivity contribution in [3.05, 3.63) is 53.1 Å². The van der Waals surface area contributed by atoms with Gasteiger partial charge in [0.2, 0.25) is 0 Å². The molecule has 0 saturated heterocycles. The highest BCUT2D eigenvalue weighted by Crippen LogP contribution is 2.08. The van der Waals surface area contributed by atoms with Gasteiger partial charge in [0.05, 0.1) is 19.3 Å². The van der Waals surface area contributed by atoms with Crippen molar-refractivity contribution in [2.45, 2.75) is 13.2 Å². The van der Waals surface area contributed by atoms with E-state index in [2.05, 4.69) is 10.5 Å². The van der Waals surface area contributed by atoms with Crippen molar-refractivity contribution in [3.8, 4) is 0 Å². The second-order valence-electron chi connectivity index (χ2n) is 3.65. The van der Waals surface area contributed by atoms with Crippen molar-refractivity contribution in [2.75, 3.05) is 0 Å². The number of nitrogens with zero attached hydrogens (tertiary/aromatic N) is 2. The van der Waals surface area contributed by atoms with Gasteiger partial charge in [-0.1, -0.05) is 41.9 Å². The van der Waals surface area contributed by atoms with E-state index in [4.69, 9.17) is 16.4 Å². The van der Waals surface area contributed by atoms with Gasteiger partial charge in [0.25, 0.3) is 0 Å². The molecule has 0 amide bonds. The first-order chi connectivity index (χ1) is 8.27. The van der Waals surface area contributed by atoms with E-state index in [-0.39, 0.29) is 0 Å². The summed E-state index contributed by atoms with van der Waals surface area (Å²) in [7, 11) is 1.86. The first-order valence-electron chi connectivity index (χ1n) is 5.32. The molecule has 0 atom stereocenters. The van der Waals surface area contributed by atoms with Gasteiger partial charge in [-0.3, -0.25) is 4.84 Å². The Labute approximate surface area is 105 Å². The van der Waals surface area contributed by atoms with Crippen LogP contribution in [0.1, 0.15) is 11.4 Å². The maximum atomic E-state index is 5.87. The van der Waals surface area contributed by atoms with E-state index in [9.17, 15) is 0 Å². The number of imidazole rings is 1. The average molecular weight is 252 g/mol. The highest BCUT2D eigenvalue weighted by atomic mass is 35.5. The molecule has 4 nitrogen and oxygen atoms in total. The van der Waals surface area contributed by atoms with Gasteiger partial charge < -0.3 is 4.57 Å². The topological polar surface area (TPSA) is 39.1 Å². The highest BCUT2D eigenvalue weighted by Gasteiger charge is 2.03. The number of aromatic nitrogens is 2. The largest absolute Gasteiger partial charge is 0.321 e. The number of benzene rings is 1. The molecule has 0 saturated carbocycles. The molecule has 1 N–H and O–H groups in total. The number of hydrogen-bond acceptors (Lipinski definition) is 3. The fourth-order valence-corrected chi connectivity index (χ4v) is 1.56. The van der Waals surface area contributed by atoms with E-state index in [1.165, 1.54) is 0 Å². The molecule has 0 bridgehead atoms. The van der Waals surface area contributed by atoms with Gasteiger partial charge in [0.15, 0.2) is 0 Å². The summed E-state index contributed by atoms with van der Waals surface area (Å²) >= 11 is 5.87. The zero-order chi connectivity index (χ0) is 12.1. The fourth-order valence-electron chi connectivity index (χ4n) is 1.41. The van der Waals surface area contributed by atoms with Crippen molar-refractivity contribution >= 4 is 11.6 Å². The molecule has 0 spiro atoms. The summed E-state index contributed by atoms with van der Waals surface area (Å²) in [6.07, 6.45) is 1.62. The van der Waals surface area contributed by atoms with Gasteiger partial charge in [0.1, 0.15) is 11.0 Å². The van der Waals surface area contributed by atoms with Crippen LogP contribution in [0, 0.1) is 0 Å². The second-order valence-corrected chi connectivity index (χ2v) is 4.04. The van der Waals surface area contributed by atoms with Crippen LogP contribution in [0.2, 0.25) is 5.15 Å². The van der Waals surface area contributed by atoms with Crippen LogP contribution < -0.4 is 5.48 Å². The average Bonchev–Trinajstić information content (AvgIpc) is 2.67. The summed E-state index contributed by atoms with van der Waals surface area (Å²) in [5, 5.41) is 0.616.